The molecule has 2 N–H and O–H groups in total. The maximum Gasteiger partial charge on any atom is 0.265 e. The van der Waals surface area contributed by atoms with Crippen LogP contribution in [-0.2, 0) is 4.79 Å². The lowest BCUT2D eigenvalue weighted by molar-refractivity contribution is -0.116. The van der Waals surface area contributed by atoms with Crippen molar-refractivity contribution in [2.45, 2.75) is 13.8 Å². The zero-order chi connectivity index (χ0) is 21.7. The van der Waals surface area contributed by atoms with E-state index in [2.05, 4.69) is 10.6 Å². The summed E-state index contributed by atoms with van der Waals surface area (Å²) in [6.45, 7) is 3.78. The van der Waals surface area contributed by atoms with E-state index in [1.165, 1.54) is 16.2 Å². The van der Waals surface area contributed by atoms with Gasteiger partial charge in [-0.15, -0.1) is 11.3 Å². The predicted molar refractivity (Wildman–Crippen MR) is 120 cm³/mol. The van der Waals surface area contributed by atoms with Crippen molar-refractivity contribution < 1.29 is 14.4 Å². The highest BCUT2D eigenvalue weighted by Crippen LogP contribution is 2.17. The number of thiophene rings is 1. The molecule has 0 aliphatic carbocycles. The molecule has 0 saturated heterocycles. The first-order valence-electron chi connectivity index (χ1n) is 9.41. The van der Waals surface area contributed by atoms with Gasteiger partial charge in [0.2, 0.25) is 5.91 Å². The van der Waals surface area contributed by atoms with Crippen molar-refractivity contribution in [2.75, 3.05) is 24.2 Å². The van der Waals surface area contributed by atoms with Crippen LogP contribution in [0, 0.1) is 13.8 Å². The van der Waals surface area contributed by atoms with Gasteiger partial charge in [0.1, 0.15) is 0 Å². The monoisotopic (exact) mass is 421 g/mol. The number of rotatable bonds is 6. The van der Waals surface area contributed by atoms with Gasteiger partial charge in [0, 0.05) is 24.0 Å². The minimum Gasteiger partial charge on any atom is -0.332 e. The van der Waals surface area contributed by atoms with E-state index in [4.69, 9.17) is 0 Å². The third-order valence-corrected chi connectivity index (χ3v) is 5.38. The third-order valence-electron chi connectivity index (χ3n) is 4.51. The molecule has 0 unspecified atom stereocenters. The molecular weight excluding hydrogens is 398 g/mol. The van der Waals surface area contributed by atoms with E-state index in [0.717, 1.165) is 16.8 Å². The first-order valence-corrected chi connectivity index (χ1v) is 10.3. The van der Waals surface area contributed by atoms with Gasteiger partial charge in [-0.05, 0) is 60.7 Å². The molecular formula is C23H23N3O3S. The SMILES string of the molecule is Cc1ccc(C)c(NC(=O)CN(C)C(=O)c2cccc(NC(=O)c3cccs3)c2)c1. The molecule has 0 aliphatic rings. The topological polar surface area (TPSA) is 78.5 Å². The summed E-state index contributed by atoms with van der Waals surface area (Å²) in [4.78, 5) is 39.3. The fraction of sp³-hybridized carbons (Fsp3) is 0.174. The van der Waals surface area contributed by atoms with Gasteiger partial charge < -0.3 is 15.5 Å². The summed E-state index contributed by atoms with van der Waals surface area (Å²) >= 11 is 1.34. The lowest BCUT2D eigenvalue weighted by Gasteiger charge is -2.18. The number of hydrogen-bond donors (Lipinski definition) is 2. The number of benzene rings is 2. The van der Waals surface area contributed by atoms with Crippen LogP contribution in [0.2, 0.25) is 0 Å². The average molecular weight is 422 g/mol. The van der Waals surface area contributed by atoms with Crippen LogP contribution in [0.5, 0.6) is 0 Å². The van der Waals surface area contributed by atoms with Gasteiger partial charge in [0.25, 0.3) is 11.8 Å². The van der Waals surface area contributed by atoms with E-state index in [0.29, 0.717) is 16.1 Å². The van der Waals surface area contributed by atoms with E-state index in [1.807, 2.05) is 37.4 Å². The molecule has 0 bridgehead atoms. The second-order valence-electron chi connectivity index (χ2n) is 7.04. The standard InChI is InChI=1S/C23H23N3O3S/c1-15-9-10-16(2)19(12-15)25-21(27)14-26(3)23(29)17-6-4-7-18(13-17)24-22(28)20-8-5-11-30-20/h4-13H,14H2,1-3H3,(H,24,28)(H,25,27). The van der Waals surface area contributed by atoms with Crippen molar-refractivity contribution in [2.24, 2.45) is 0 Å². The maximum atomic E-state index is 12.8. The molecule has 0 aliphatic heterocycles. The Balaban J connectivity index is 1.63. The maximum absolute atomic E-state index is 12.8. The highest BCUT2D eigenvalue weighted by Gasteiger charge is 2.16. The molecule has 0 atom stereocenters. The van der Waals surface area contributed by atoms with Crippen molar-refractivity contribution in [3.05, 3.63) is 81.5 Å². The van der Waals surface area contributed by atoms with Crippen molar-refractivity contribution in [3.8, 4) is 0 Å². The quantitative estimate of drug-likeness (QED) is 0.622. The smallest absolute Gasteiger partial charge is 0.265 e. The number of aryl methyl sites for hydroxylation is 2. The van der Waals surface area contributed by atoms with E-state index < -0.39 is 0 Å². The molecule has 2 aromatic carbocycles. The fourth-order valence-corrected chi connectivity index (χ4v) is 3.52. The predicted octanol–water partition coefficient (Wildman–Crippen LogP) is 4.33. The number of amides is 3. The Hall–Kier alpha value is -3.45. The summed E-state index contributed by atoms with van der Waals surface area (Å²) in [5, 5.41) is 7.46. The summed E-state index contributed by atoms with van der Waals surface area (Å²) < 4.78 is 0. The van der Waals surface area contributed by atoms with Gasteiger partial charge in [0.05, 0.1) is 11.4 Å². The third kappa shape index (κ3) is 5.33. The van der Waals surface area contributed by atoms with Crippen molar-refractivity contribution in [1.82, 2.24) is 4.90 Å². The average Bonchev–Trinajstić information content (AvgIpc) is 3.25. The van der Waals surface area contributed by atoms with Gasteiger partial charge in [-0.2, -0.15) is 0 Å². The molecule has 0 saturated carbocycles. The van der Waals surface area contributed by atoms with E-state index >= 15 is 0 Å². The van der Waals surface area contributed by atoms with E-state index in [9.17, 15) is 14.4 Å². The summed E-state index contributed by atoms with van der Waals surface area (Å²) in [6.07, 6.45) is 0. The summed E-state index contributed by atoms with van der Waals surface area (Å²) in [5.41, 5.74) is 3.64. The Morgan fingerprint density at radius 1 is 0.967 bits per heavy atom. The lowest BCUT2D eigenvalue weighted by atomic mass is 10.1. The summed E-state index contributed by atoms with van der Waals surface area (Å²) in [7, 11) is 1.57. The molecule has 30 heavy (non-hydrogen) atoms. The Kier molecular flexibility index (Phi) is 6.64. The fourth-order valence-electron chi connectivity index (χ4n) is 2.90. The molecule has 0 radical (unpaired) electrons. The number of carbonyl (C=O) groups excluding carboxylic acids is 3. The molecule has 154 valence electrons. The number of nitrogens with zero attached hydrogens (tertiary/aromatic N) is 1. The Morgan fingerprint density at radius 2 is 1.77 bits per heavy atom. The van der Waals surface area contributed by atoms with Crippen LogP contribution in [0.3, 0.4) is 0 Å². The van der Waals surface area contributed by atoms with Gasteiger partial charge in [-0.3, -0.25) is 14.4 Å². The highest BCUT2D eigenvalue weighted by molar-refractivity contribution is 7.12. The number of carbonyl (C=O) groups is 3. The van der Waals surface area contributed by atoms with Gasteiger partial charge in [0.15, 0.2) is 0 Å². The first-order chi connectivity index (χ1) is 14.3. The van der Waals surface area contributed by atoms with Crippen molar-refractivity contribution in [3.63, 3.8) is 0 Å². The second kappa shape index (κ2) is 9.37. The minimum absolute atomic E-state index is 0.0853. The van der Waals surface area contributed by atoms with Crippen molar-refractivity contribution in [1.29, 1.82) is 0 Å². The highest BCUT2D eigenvalue weighted by atomic mass is 32.1. The molecule has 1 aromatic heterocycles. The lowest BCUT2D eigenvalue weighted by Crippen LogP contribution is -2.35. The molecule has 3 amide bonds. The van der Waals surface area contributed by atoms with E-state index in [-0.39, 0.29) is 24.3 Å². The molecule has 0 spiro atoms. The number of nitrogens with one attached hydrogen (secondary N) is 2. The van der Waals surface area contributed by atoms with Crippen LogP contribution >= 0.6 is 11.3 Å². The largest absolute Gasteiger partial charge is 0.332 e. The molecule has 3 rings (SSSR count). The van der Waals surface area contributed by atoms with Crippen LogP contribution in [0.25, 0.3) is 0 Å². The van der Waals surface area contributed by atoms with Gasteiger partial charge in [-0.25, -0.2) is 0 Å². The second-order valence-corrected chi connectivity index (χ2v) is 7.99. The molecule has 3 aromatic rings. The summed E-state index contributed by atoms with van der Waals surface area (Å²) in [6, 6.07) is 16.0. The van der Waals surface area contributed by atoms with E-state index in [1.54, 1.807) is 43.4 Å². The van der Waals surface area contributed by atoms with Crippen LogP contribution in [0.4, 0.5) is 11.4 Å². The normalized spacial score (nSPS) is 10.4. The van der Waals surface area contributed by atoms with Crippen molar-refractivity contribution >= 4 is 40.4 Å². The van der Waals surface area contributed by atoms with Gasteiger partial charge in [-0.1, -0.05) is 24.3 Å². The van der Waals surface area contributed by atoms with Crippen LogP contribution < -0.4 is 10.6 Å². The van der Waals surface area contributed by atoms with Crippen LogP contribution in [-0.4, -0.2) is 36.2 Å². The molecule has 0 fully saturated rings. The Labute approximate surface area is 179 Å². The molecule has 6 nitrogen and oxygen atoms in total. The van der Waals surface area contributed by atoms with Crippen LogP contribution in [0.15, 0.2) is 60.0 Å². The van der Waals surface area contributed by atoms with Crippen LogP contribution in [0.1, 0.15) is 31.2 Å². The molecule has 1 heterocycles. The number of anilines is 2. The summed E-state index contributed by atoms with van der Waals surface area (Å²) in [5.74, 6) is -0.809. The number of hydrogen-bond acceptors (Lipinski definition) is 4. The zero-order valence-corrected chi connectivity index (χ0v) is 17.9. The zero-order valence-electron chi connectivity index (χ0n) is 17.1. The van der Waals surface area contributed by atoms with Gasteiger partial charge >= 0.3 is 0 Å². The first kappa shape index (κ1) is 21.3. The number of likely N-dealkylation sites (N-methyl/N-ethyl adjacent to an activating group) is 1. The molecule has 7 heteroatoms. The Bertz CT molecular complexity index is 1080. The minimum atomic E-state index is -0.307. The Morgan fingerprint density at radius 3 is 2.50 bits per heavy atom.